The van der Waals surface area contributed by atoms with Crippen LogP contribution in [0.5, 0.6) is 0 Å². The number of hydrogen-bond donors (Lipinski definition) is 2. The second-order valence-electron chi connectivity index (χ2n) is 5.09. The van der Waals surface area contributed by atoms with Gasteiger partial charge in [0.1, 0.15) is 0 Å². The van der Waals surface area contributed by atoms with Gasteiger partial charge in [0.05, 0.1) is 9.79 Å². The van der Waals surface area contributed by atoms with Gasteiger partial charge in [-0.1, -0.05) is 37.6 Å². The normalized spacial score (nSPS) is 12.5. The van der Waals surface area contributed by atoms with Crippen LogP contribution >= 0.6 is 7.92 Å². The molecule has 0 atom stereocenters. The first-order chi connectivity index (χ1) is 11.1. The molecule has 130 valence electrons. The predicted molar refractivity (Wildman–Crippen MR) is 93.9 cm³/mol. The molecule has 2 aromatic carbocycles. The Bertz CT molecular complexity index is 828. The highest BCUT2D eigenvalue weighted by Gasteiger charge is 2.16. The zero-order chi connectivity index (χ0) is 18.0. The van der Waals surface area contributed by atoms with Gasteiger partial charge in [0.25, 0.3) is 20.2 Å². The van der Waals surface area contributed by atoms with Gasteiger partial charge in [0, 0.05) is 0 Å². The summed E-state index contributed by atoms with van der Waals surface area (Å²) in [5, 5.41) is 1.83. The summed E-state index contributed by atoms with van der Waals surface area (Å²) in [5.41, 5.74) is 0. The van der Waals surface area contributed by atoms with E-state index in [1.807, 2.05) is 6.92 Å². The van der Waals surface area contributed by atoms with Crippen LogP contribution in [0, 0.1) is 0 Å². The van der Waals surface area contributed by atoms with E-state index in [4.69, 9.17) is 9.11 Å². The molecule has 9 heteroatoms. The van der Waals surface area contributed by atoms with E-state index in [9.17, 15) is 16.8 Å². The molecule has 0 unspecified atom stereocenters. The molecular weight excluding hydrogens is 371 g/mol. The van der Waals surface area contributed by atoms with Crippen molar-refractivity contribution in [3.05, 3.63) is 48.5 Å². The topological polar surface area (TPSA) is 109 Å². The molecule has 0 aliphatic heterocycles. The second-order valence-corrected chi connectivity index (χ2v) is 10.3. The Morgan fingerprint density at radius 3 is 1.33 bits per heavy atom. The Balaban J connectivity index is 2.39. The van der Waals surface area contributed by atoms with Crippen molar-refractivity contribution in [2.75, 3.05) is 6.16 Å². The predicted octanol–water partition coefficient (Wildman–Crippen LogP) is 2.02. The molecule has 0 aliphatic carbocycles. The third-order valence-electron chi connectivity index (χ3n) is 3.34. The maximum absolute atomic E-state index is 11.1. The average molecular weight is 388 g/mol. The van der Waals surface area contributed by atoms with Crippen molar-refractivity contribution < 1.29 is 25.9 Å². The van der Waals surface area contributed by atoms with Crippen LogP contribution in [-0.2, 0) is 20.2 Å². The van der Waals surface area contributed by atoms with E-state index in [1.54, 1.807) is 24.3 Å². The number of rotatable bonds is 6. The molecular formula is C15H17O6PS2. The highest BCUT2D eigenvalue weighted by molar-refractivity contribution is 7.86. The number of hydrogen-bond acceptors (Lipinski definition) is 4. The van der Waals surface area contributed by atoms with Gasteiger partial charge < -0.3 is 0 Å². The van der Waals surface area contributed by atoms with Gasteiger partial charge in [-0.05, 0) is 49.0 Å². The van der Waals surface area contributed by atoms with Crippen LogP contribution in [0.1, 0.15) is 13.3 Å². The van der Waals surface area contributed by atoms with Crippen molar-refractivity contribution >= 4 is 38.8 Å². The maximum atomic E-state index is 11.1. The summed E-state index contributed by atoms with van der Waals surface area (Å²) in [7, 11) is -9.26. The van der Waals surface area contributed by atoms with Gasteiger partial charge in [0.2, 0.25) is 0 Å². The van der Waals surface area contributed by atoms with E-state index in [2.05, 4.69) is 0 Å². The molecule has 2 N–H and O–H groups in total. The third kappa shape index (κ3) is 4.62. The molecule has 0 radical (unpaired) electrons. The van der Waals surface area contributed by atoms with Crippen molar-refractivity contribution in [3.63, 3.8) is 0 Å². The molecule has 0 heterocycles. The van der Waals surface area contributed by atoms with E-state index in [0.717, 1.165) is 23.2 Å². The van der Waals surface area contributed by atoms with Crippen LogP contribution in [0.25, 0.3) is 0 Å². The van der Waals surface area contributed by atoms with Crippen LogP contribution in [0.2, 0.25) is 0 Å². The highest BCUT2D eigenvalue weighted by atomic mass is 32.2. The third-order valence-corrected chi connectivity index (χ3v) is 7.81. The Labute approximate surface area is 142 Å². The smallest absolute Gasteiger partial charge is 0.282 e. The van der Waals surface area contributed by atoms with Crippen molar-refractivity contribution in [1.29, 1.82) is 0 Å². The lowest BCUT2D eigenvalue weighted by Crippen LogP contribution is -2.15. The Morgan fingerprint density at radius 1 is 0.750 bits per heavy atom. The van der Waals surface area contributed by atoms with Gasteiger partial charge in [-0.15, -0.1) is 0 Å². The van der Waals surface area contributed by atoms with Crippen LogP contribution in [0.4, 0.5) is 0 Å². The minimum atomic E-state index is -4.23. The second kappa shape index (κ2) is 7.29. The fraction of sp³-hybridized carbons (Fsp3) is 0.200. The summed E-state index contributed by atoms with van der Waals surface area (Å²) in [5.74, 6) is 0. The summed E-state index contributed by atoms with van der Waals surface area (Å²) >= 11 is 0. The van der Waals surface area contributed by atoms with Crippen LogP contribution < -0.4 is 10.6 Å². The molecule has 2 rings (SSSR count). The molecule has 0 spiro atoms. The largest absolute Gasteiger partial charge is 0.294 e. The summed E-state index contributed by atoms with van der Waals surface area (Å²) in [6, 6.07) is 12.0. The molecule has 0 aromatic heterocycles. The molecule has 2 aromatic rings. The van der Waals surface area contributed by atoms with E-state index in [1.165, 1.54) is 24.3 Å². The number of benzene rings is 2. The first kappa shape index (κ1) is 19.0. The summed E-state index contributed by atoms with van der Waals surface area (Å²) < 4.78 is 62.6. The van der Waals surface area contributed by atoms with E-state index < -0.39 is 28.2 Å². The molecule has 0 aliphatic rings. The fourth-order valence-corrected chi connectivity index (χ4v) is 5.47. The lowest BCUT2D eigenvalue weighted by Gasteiger charge is -2.18. The van der Waals surface area contributed by atoms with Crippen molar-refractivity contribution in [2.24, 2.45) is 0 Å². The van der Waals surface area contributed by atoms with Gasteiger partial charge >= 0.3 is 0 Å². The molecule has 0 saturated heterocycles. The lowest BCUT2D eigenvalue weighted by atomic mass is 10.4. The summed E-state index contributed by atoms with van der Waals surface area (Å²) in [4.78, 5) is -0.334. The lowest BCUT2D eigenvalue weighted by molar-refractivity contribution is 0.481. The van der Waals surface area contributed by atoms with Crippen molar-refractivity contribution in [2.45, 2.75) is 23.1 Å². The molecule has 0 saturated carbocycles. The Hall–Kier alpha value is -1.31. The zero-order valence-corrected chi connectivity index (χ0v) is 15.4. The minimum absolute atomic E-state index is 0.167. The quantitative estimate of drug-likeness (QED) is 0.579. The zero-order valence-electron chi connectivity index (χ0n) is 12.8. The van der Waals surface area contributed by atoms with Crippen LogP contribution in [0.15, 0.2) is 58.3 Å². The van der Waals surface area contributed by atoms with Gasteiger partial charge in [-0.2, -0.15) is 16.8 Å². The fourth-order valence-electron chi connectivity index (χ4n) is 2.23. The van der Waals surface area contributed by atoms with Crippen molar-refractivity contribution in [3.8, 4) is 0 Å². The van der Waals surface area contributed by atoms with E-state index in [0.29, 0.717) is 0 Å². The van der Waals surface area contributed by atoms with Gasteiger partial charge in [-0.25, -0.2) is 0 Å². The maximum Gasteiger partial charge on any atom is 0.294 e. The molecule has 6 nitrogen and oxygen atoms in total. The molecule has 24 heavy (non-hydrogen) atoms. The molecule has 0 bridgehead atoms. The Morgan fingerprint density at radius 2 is 1.08 bits per heavy atom. The molecule has 0 fully saturated rings. The Kier molecular flexibility index (Phi) is 5.78. The van der Waals surface area contributed by atoms with Crippen molar-refractivity contribution in [1.82, 2.24) is 0 Å². The SMILES string of the molecule is CCCP(c1ccc(S(=O)(=O)O)cc1)c1ccc(S(=O)(=O)O)cc1. The first-order valence-electron chi connectivity index (χ1n) is 7.05. The van der Waals surface area contributed by atoms with Crippen LogP contribution in [0.3, 0.4) is 0 Å². The van der Waals surface area contributed by atoms with Gasteiger partial charge in [-0.3, -0.25) is 9.11 Å². The van der Waals surface area contributed by atoms with E-state index in [-0.39, 0.29) is 9.79 Å². The summed E-state index contributed by atoms with van der Waals surface area (Å²) in [6.45, 7) is 2.02. The monoisotopic (exact) mass is 388 g/mol. The average Bonchev–Trinajstić information content (AvgIpc) is 2.51. The standard InChI is InChI=1S/C15H17O6PS2/c1-2-11-22(12-3-7-14(8-4-12)23(16,17)18)13-5-9-15(10-6-13)24(19,20)21/h3-10H,2,11H2,1H3,(H,16,17,18)(H,19,20,21). The summed E-state index contributed by atoms with van der Waals surface area (Å²) in [6.07, 6.45) is 1.73. The minimum Gasteiger partial charge on any atom is -0.282 e. The molecule has 0 amide bonds. The van der Waals surface area contributed by atoms with E-state index >= 15 is 0 Å². The highest BCUT2D eigenvalue weighted by Crippen LogP contribution is 2.34. The van der Waals surface area contributed by atoms with Crippen LogP contribution in [-0.4, -0.2) is 32.1 Å². The first-order valence-corrected chi connectivity index (χ1v) is 11.5. The van der Waals surface area contributed by atoms with Gasteiger partial charge in [0.15, 0.2) is 0 Å².